The summed E-state index contributed by atoms with van der Waals surface area (Å²) in [5.74, 6) is -14.5. The second-order valence-electron chi connectivity index (χ2n) is 5.73. The Bertz CT molecular complexity index is 849. The minimum atomic E-state index is -6.73. The summed E-state index contributed by atoms with van der Waals surface area (Å²) in [6.07, 6.45) is -9.44. The minimum absolute atomic E-state index is 0.0139. The van der Waals surface area contributed by atoms with Gasteiger partial charge in [-0.25, -0.2) is 0 Å². The van der Waals surface area contributed by atoms with E-state index in [1.54, 1.807) is 0 Å². The monoisotopic (exact) mass is 475 g/mol. The maximum Gasteiger partial charge on any atom is 0.460 e. The van der Waals surface area contributed by atoms with Crippen molar-refractivity contribution < 1.29 is 40.6 Å². The van der Waals surface area contributed by atoms with Crippen molar-refractivity contribution in [3.8, 4) is 6.07 Å². The Morgan fingerprint density at radius 3 is 2.21 bits per heavy atom. The third-order valence-corrected chi connectivity index (χ3v) is 4.41. The number of alkyl halides is 7. The number of benzene rings is 1. The number of amides is 1. The van der Waals surface area contributed by atoms with Crippen molar-refractivity contribution in [3.05, 3.63) is 34.3 Å². The lowest BCUT2D eigenvalue weighted by Gasteiger charge is -2.41. The molecule has 28 heavy (non-hydrogen) atoms. The second-order valence-corrected chi connectivity index (χ2v) is 6.65. The SMILES string of the molecule is N#CCC(=O)N1N=C(c2ccc(Br)cc2)C[C@@]1(O)C(F)(F)C(F)(F)C(F)(F)F. The van der Waals surface area contributed by atoms with E-state index in [0.29, 0.717) is 4.47 Å². The number of nitriles is 1. The first-order chi connectivity index (χ1) is 12.7. The Kier molecular flexibility index (Phi) is 5.52. The summed E-state index contributed by atoms with van der Waals surface area (Å²) < 4.78 is 93.8. The number of hydrogen-bond donors (Lipinski definition) is 1. The van der Waals surface area contributed by atoms with Gasteiger partial charge in [0.1, 0.15) is 6.42 Å². The summed E-state index contributed by atoms with van der Waals surface area (Å²) in [6.45, 7) is 0. The van der Waals surface area contributed by atoms with Crippen LogP contribution in [-0.2, 0) is 4.79 Å². The van der Waals surface area contributed by atoms with Crippen molar-refractivity contribution in [1.29, 1.82) is 5.26 Å². The number of halogens is 8. The highest BCUT2D eigenvalue weighted by Gasteiger charge is 2.82. The zero-order chi connectivity index (χ0) is 21.5. The molecule has 1 aromatic rings. The standard InChI is InChI=1S/C15H9BrF7N3O2/c16-9-3-1-8(2-4-9)10-7-12(28,26(25-10)11(27)5-6-24)13(17,18)14(19,20)15(21,22)23/h1-4,28H,5,7H2/t12-/m1/s1. The highest BCUT2D eigenvalue weighted by molar-refractivity contribution is 9.10. The van der Waals surface area contributed by atoms with E-state index in [1.807, 2.05) is 0 Å². The predicted molar refractivity (Wildman–Crippen MR) is 83.3 cm³/mol. The zero-order valence-corrected chi connectivity index (χ0v) is 15.0. The molecule has 1 heterocycles. The van der Waals surface area contributed by atoms with E-state index in [9.17, 15) is 40.6 Å². The molecule has 1 aliphatic heterocycles. The molecule has 0 saturated carbocycles. The van der Waals surface area contributed by atoms with E-state index >= 15 is 0 Å². The number of nitrogens with zero attached hydrogens (tertiary/aromatic N) is 3. The van der Waals surface area contributed by atoms with Gasteiger partial charge in [0.2, 0.25) is 5.72 Å². The molecule has 152 valence electrons. The van der Waals surface area contributed by atoms with Crippen LogP contribution in [0.15, 0.2) is 33.8 Å². The maximum absolute atomic E-state index is 14.3. The van der Waals surface area contributed by atoms with Crippen LogP contribution in [0.3, 0.4) is 0 Å². The van der Waals surface area contributed by atoms with Crippen LogP contribution in [-0.4, -0.2) is 45.5 Å². The van der Waals surface area contributed by atoms with Crippen molar-refractivity contribution >= 4 is 27.5 Å². The van der Waals surface area contributed by atoms with Crippen LogP contribution >= 0.6 is 15.9 Å². The van der Waals surface area contributed by atoms with Crippen molar-refractivity contribution in [1.82, 2.24) is 5.01 Å². The Labute approximate surface area is 161 Å². The van der Waals surface area contributed by atoms with Crippen LogP contribution in [0.1, 0.15) is 18.4 Å². The summed E-state index contributed by atoms with van der Waals surface area (Å²) in [6, 6.07) is 6.51. The predicted octanol–water partition coefficient (Wildman–Crippen LogP) is 3.82. The van der Waals surface area contributed by atoms with Gasteiger partial charge in [0, 0.05) is 10.9 Å². The van der Waals surface area contributed by atoms with Crippen molar-refractivity contribution in [2.75, 3.05) is 0 Å². The van der Waals surface area contributed by atoms with Gasteiger partial charge in [0.15, 0.2) is 0 Å². The van der Waals surface area contributed by atoms with E-state index in [4.69, 9.17) is 5.26 Å². The molecule has 1 aliphatic rings. The third-order valence-electron chi connectivity index (χ3n) is 3.88. The molecule has 0 radical (unpaired) electrons. The largest absolute Gasteiger partial charge is 0.460 e. The van der Waals surface area contributed by atoms with Gasteiger partial charge in [-0.1, -0.05) is 28.1 Å². The molecule has 13 heteroatoms. The van der Waals surface area contributed by atoms with E-state index < -0.39 is 53.2 Å². The molecular weight excluding hydrogens is 467 g/mol. The quantitative estimate of drug-likeness (QED) is 0.672. The maximum atomic E-state index is 14.3. The van der Waals surface area contributed by atoms with Gasteiger partial charge in [-0.3, -0.25) is 4.79 Å². The fraction of sp³-hybridized carbons (Fsp3) is 0.400. The molecule has 2 rings (SSSR count). The van der Waals surface area contributed by atoms with E-state index in [-0.39, 0.29) is 5.56 Å². The molecule has 1 N–H and O–H groups in total. The number of hydrogen-bond acceptors (Lipinski definition) is 4. The Balaban J connectivity index is 2.59. The summed E-state index contributed by atoms with van der Waals surface area (Å²) in [5.41, 5.74) is -4.90. The molecule has 0 saturated heterocycles. The molecule has 0 fully saturated rings. The number of carbonyl (C=O) groups is 1. The van der Waals surface area contributed by atoms with Crippen molar-refractivity contribution in [2.24, 2.45) is 5.10 Å². The molecule has 0 bridgehead atoms. The summed E-state index contributed by atoms with van der Waals surface area (Å²) in [4.78, 5) is 11.9. The summed E-state index contributed by atoms with van der Waals surface area (Å²) in [5, 5.41) is 21.5. The van der Waals surface area contributed by atoms with Gasteiger partial charge in [0.25, 0.3) is 5.91 Å². The summed E-state index contributed by atoms with van der Waals surface area (Å²) in [7, 11) is 0. The third kappa shape index (κ3) is 3.35. The van der Waals surface area contributed by atoms with Crippen LogP contribution in [0, 0.1) is 11.3 Å². The average molecular weight is 476 g/mol. The number of carbonyl (C=O) groups excluding carboxylic acids is 1. The van der Waals surface area contributed by atoms with Crippen LogP contribution in [0.4, 0.5) is 30.7 Å². The van der Waals surface area contributed by atoms with E-state index in [0.717, 1.165) is 0 Å². The van der Waals surface area contributed by atoms with Gasteiger partial charge < -0.3 is 5.11 Å². The van der Waals surface area contributed by atoms with Crippen molar-refractivity contribution in [2.45, 2.75) is 36.6 Å². The first-order valence-corrected chi connectivity index (χ1v) is 8.06. The molecule has 5 nitrogen and oxygen atoms in total. The first-order valence-electron chi connectivity index (χ1n) is 7.27. The molecular formula is C15H9BrF7N3O2. The lowest BCUT2D eigenvalue weighted by atomic mass is 9.91. The average Bonchev–Trinajstić information content (AvgIpc) is 2.94. The summed E-state index contributed by atoms with van der Waals surface area (Å²) >= 11 is 3.08. The highest BCUT2D eigenvalue weighted by Crippen LogP contribution is 2.54. The molecule has 0 spiro atoms. The van der Waals surface area contributed by atoms with Gasteiger partial charge >= 0.3 is 18.0 Å². The van der Waals surface area contributed by atoms with Crippen LogP contribution < -0.4 is 0 Å². The van der Waals surface area contributed by atoms with Gasteiger partial charge in [-0.2, -0.15) is 46.1 Å². The molecule has 0 unspecified atom stereocenters. The van der Waals surface area contributed by atoms with Gasteiger partial charge in [-0.05, 0) is 17.7 Å². The van der Waals surface area contributed by atoms with Crippen LogP contribution in [0.5, 0.6) is 0 Å². The normalized spacial score (nSPS) is 20.7. The zero-order valence-electron chi connectivity index (χ0n) is 13.4. The van der Waals surface area contributed by atoms with E-state index in [1.165, 1.54) is 30.3 Å². The minimum Gasteiger partial charge on any atom is -0.364 e. The lowest BCUT2D eigenvalue weighted by Crippen LogP contribution is -2.69. The molecule has 1 amide bonds. The number of hydrazone groups is 1. The van der Waals surface area contributed by atoms with Gasteiger partial charge in [0.05, 0.1) is 11.8 Å². The smallest absolute Gasteiger partial charge is 0.364 e. The molecule has 0 aromatic heterocycles. The fourth-order valence-corrected chi connectivity index (χ4v) is 2.69. The Morgan fingerprint density at radius 2 is 1.75 bits per heavy atom. The van der Waals surface area contributed by atoms with E-state index in [2.05, 4.69) is 21.0 Å². The molecule has 1 atom stereocenters. The fourth-order valence-electron chi connectivity index (χ4n) is 2.43. The number of aliphatic hydroxyl groups is 1. The highest BCUT2D eigenvalue weighted by atomic mass is 79.9. The second kappa shape index (κ2) is 7.00. The van der Waals surface area contributed by atoms with Crippen LogP contribution in [0.25, 0.3) is 0 Å². The van der Waals surface area contributed by atoms with Crippen LogP contribution in [0.2, 0.25) is 0 Å². The van der Waals surface area contributed by atoms with Crippen molar-refractivity contribution in [3.63, 3.8) is 0 Å². The number of rotatable bonds is 4. The lowest BCUT2D eigenvalue weighted by molar-refractivity contribution is -0.401. The topological polar surface area (TPSA) is 76.7 Å². The van der Waals surface area contributed by atoms with Gasteiger partial charge in [-0.15, -0.1) is 0 Å². The molecule has 1 aromatic carbocycles. The Morgan fingerprint density at radius 1 is 1.21 bits per heavy atom. The first kappa shape index (κ1) is 22.1. The molecule has 0 aliphatic carbocycles. The Hall–Kier alpha value is -2.20.